The van der Waals surface area contributed by atoms with E-state index in [4.69, 9.17) is 16.6 Å². The predicted octanol–water partition coefficient (Wildman–Crippen LogP) is 6.11. The molecular weight excluding hydrogens is 440 g/mol. The van der Waals surface area contributed by atoms with Crippen LogP contribution in [0.3, 0.4) is 0 Å². The number of anilines is 1. The Bertz CT molecular complexity index is 1050. The number of carbonyl (C=O) groups excluding carboxylic acids is 1. The summed E-state index contributed by atoms with van der Waals surface area (Å²) in [4.78, 5) is 21.7. The Morgan fingerprint density at radius 1 is 1.03 bits per heavy atom. The van der Waals surface area contributed by atoms with Gasteiger partial charge < -0.3 is 10.2 Å². The molecule has 0 atom stereocenters. The average Bonchev–Trinajstić information content (AvgIpc) is 3.23. The summed E-state index contributed by atoms with van der Waals surface area (Å²) in [6.45, 7) is 10.5. The van der Waals surface area contributed by atoms with Crippen LogP contribution in [0.4, 0.5) is 10.5 Å². The van der Waals surface area contributed by atoms with Crippen molar-refractivity contribution in [1.82, 2.24) is 14.8 Å². The number of nitrogens with one attached hydrogen (secondary N) is 1. The zero-order valence-corrected chi connectivity index (χ0v) is 20.3. The SMILES string of the molecule is CC(C)(C)c1ccc(NC(=O)N2CCN(Cc3nc(-c4ccc(Cl)cc4)cs3)CC2)cc1. The van der Waals surface area contributed by atoms with Gasteiger partial charge >= 0.3 is 6.03 Å². The molecular formula is C25H29ClN4OS. The number of thiazole rings is 1. The van der Waals surface area contributed by atoms with Crippen LogP contribution in [0.1, 0.15) is 31.3 Å². The van der Waals surface area contributed by atoms with Crippen molar-refractivity contribution in [1.29, 1.82) is 0 Å². The van der Waals surface area contributed by atoms with Crippen molar-refractivity contribution in [2.45, 2.75) is 32.7 Å². The van der Waals surface area contributed by atoms with Crippen molar-refractivity contribution in [2.75, 3.05) is 31.5 Å². The minimum atomic E-state index is -0.0348. The highest BCUT2D eigenvalue weighted by Gasteiger charge is 2.22. The number of piperazine rings is 1. The van der Waals surface area contributed by atoms with Crippen molar-refractivity contribution in [3.63, 3.8) is 0 Å². The average molecular weight is 469 g/mol. The Kier molecular flexibility index (Phi) is 6.84. The molecule has 2 amide bonds. The fraction of sp³-hybridized carbons (Fsp3) is 0.360. The van der Waals surface area contributed by atoms with Gasteiger partial charge in [0, 0.05) is 47.8 Å². The molecule has 1 fully saturated rings. The van der Waals surface area contributed by atoms with E-state index >= 15 is 0 Å². The van der Waals surface area contributed by atoms with E-state index in [1.807, 2.05) is 41.3 Å². The molecule has 2 heterocycles. The quantitative estimate of drug-likeness (QED) is 0.502. The largest absolute Gasteiger partial charge is 0.322 e. The van der Waals surface area contributed by atoms with Crippen LogP contribution in [0.5, 0.6) is 0 Å². The maximum Gasteiger partial charge on any atom is 0.321 e. The molecule has 168 valence electrons. The number of amides is 2. The van der Waals surface area contributed by atoms with Crippen LogP contribution in [0, 0.1) is 0 Å². The van der Waals surface area contributed by atoms with E-state index in [1.54, 1.807) is 11.3 Å². The van der Waals surface area contributed by atoms with Gasteiger partial charge in [0.25, 0.3) is 0 Å². The highest BCUT2D eigenvalue weighted by atomic mass is 35.5. The molecule has 3 aromatic rings. The minimum absolute atomic E-state index is 0.0348. The summed E-state index contributed by atoms with van der Waals surface area (Å²) < 4.78 is 0. The molecule has 0 saturated carbocycles. The van der Waals surface area contributed by atoms with Gasteiger partial charge in [-0.3, -0.25) is 4.90 Å². The van der Waals surface area contributed by atoms with Crippen LogP contribution in [0.15, 0.2) is 53.9 Å². The van der Waals surface area contributed by atoms with Gasteiger partial charge in [-0.1, -0.05) is 56.6 Å². The molecule has 1 aliphatic rings. The lowest BCUT2D eigenvalue weighted by atomic mass is 9.87. The maximum atomic E-state index is 12.7. The number of nitrogens with zero attached hydrogens (tertiary/aromatic N) is 3. The molecule has 2 aromatic carbocycles. The Balaban J connectivity index is 1.27. The molecule has 0 spiro atoms. The van der Waals surface area contributed by atoms with Gasteiger partial charge in [-0.05, 0) is 35.2 Å². The van der Waals surface area contributed by atoms with E-state index in [2.05, 4.69) is 48.5 Å². The highest BCUT2D eigenvalue weighted by molar-refractivity contribution is 7.09. The second-order valence-corrected chi connectivity index (χ2v) is 10.5. The number of benzene rings is 2. The molecule has 32 heavy (non-hydrogen) atoms. The first-order valence-electron chi connectivity index (χ1n) is 10.9. The number of aromatic nitrogens is 1. The highest BCUT2D eigenvalue weighted by Crippen LogP contribution is 2.25. The minimum Gasteiger partial charge on any atom is -0.322 e. The fourth-order valence-corrected chi connectivity index (χ4v) is 4.66. The van der Waals surface area contributed by atoms with Crippen molar-refractivity contribution >= 4 is 34.7 Å². The van der Waals surface area contributed by atoms with Crippen LogP contribution in [0.2, 0.25) is 5.02 Å². The summed E-state index contributed by atoms with van der Waals surface area (Å²) in [5, 5.41) is 6.94. The van der Waals surface area contributed by atoms with Crippen molar-refractivity contribution < 1.29 is 4.79 Å². The van der Waals surface area contributed by atoms with Gasteiger partial charge in [-0.15, -0.1) is 11.3 Å². The first kappa shape index (κ1) is 22.8. The topological polar surface area (TPSA) is 48.5 Å². The lowest BCUT2D eigenvalue weighted by Crippen LogP contribution is -2.49. The summed E-state index contributed by atoms with van der Waals surface area (Å²) in [5.41, 5.74) is 4.26. The Hall–Kier alpha value is -2.41. The normalized spacial score (nSPS) is 15.1. The van der Waals surface area contributed by atoms with E-state index < -0.39 is 0 Å². The molecule has 1 aromatic heterocycles. The summed E-state index contributed by atoms with van der Waals surface area (Å²) >= 11 is 7.65. The van der Waals surface area contributed by atoms with Gasteiger partial charge in [0.15, 0.2) is 0 Å². The molecule has 1 N–H and O–H groups in total. The van der Waals surface area contributed by atoms with Crippen LogP contribution in [-0.4, -0.2) is 47.0 Å². The monoisotopic (exact) mass is 468 g/mol. The van der Waals surface area contributed by atoms with Crippen molar-refractivity contribution in [2.24, 2.45) is 0 Å². The smallest absolute Gasteiger partial charge is 0.321 e. The standard InChI is InChI=1S/C25H29ClN4OS/c1-25(2,3)19-6-10-21(11-7-19)27-24(31)30-14-12-29(13-15-30)16-23-28-22(17-32-23)18-4-8-20(26)9-5-18/h4-11,17H,12-16H2,1-3H3,(H,27,31). The second kappa shape index (κ2) is 9.61. The number of rotatable bonds is 4. The summed E-state index contributed by atoms with van der Waals surface area (Å²) in [6, 6.07) is 15.9. The van der Waals surface area contributed by atoms with Gasteiger partial charge in [0.05, 0.1) is 12.2 Å². The molecule has 0 radical (unpaired) electrons. The lowest BCUT2D eigenvalue weighted by Gasteiger charge is -2.34. The number of urea groups is 1. The molecule has 7 heteroatoms. The lowest BCUT2D eigenvalue weighted by molar-refractivity contribution is 0.143. The molecule has 5 nitrogen and oxygen atoms in total. The predicted molar refractivity (Wildman–Crippen MR) is 134 cm³/mol. The van der Waals surface area contributed by atoms with E-state index in [1.165, 1.54) is 5.56 Å². The molecule has 0 unspecified atom stereocenters. The first-order valence-corrected chi connectivity index (χ1v) is 12.1. The molecule has 4 rings (SSSR count). The Morgan fingerprint density at radius 2 is 1.69 bits per heavy atom. The van der Waals surface area contributed by atoms with Crippen LogP contribution in [-0.2, 0) is 12.0 Å². The van der Waals surface area contributed by atoms with Gasteiger partial charge in [0.2, 0.25) is 0 Å². The number of halogens is 1. The van der Waals surface area contributed by atoms with Gasteiger partial charge in [0.1, 0.15) is 5.01 Å². The Morgan fingerprint density at radius 3 is 2.31 bits per heavy atom. The number of carbonyl (C=O) groups is 1. The molecule has 0 aliphatic carbocycles. The number of hydrogen-bond acceptors (Lipinski definition) is 4. The summed E-state index contributed by atoms with van der Waals surface area (Å²) in [6.07, 6.45) is 0. The third-order valence-electron chi connectivity index (χ3n) is 5.71. The van der Waals surface area contributed by atoms with Gasteiger partial charge in [-0.25, -0.2) is 9.78 Å². The summed E-state index contributed by atoms with van der Waals surface area (Å²) in [5.74, 6) is 0. The van der Waals surface area contributed by atoms with Gasteiger partial charge in [-0.2, -0.15) is 0 Å². The van der Waals surface area contributed by atoms with Crippen LogP contribution in [0.25, 0.3) is 11.3 Å². The van der Waals surface area contributed by atoms with E-state index in [-0.39, 0.29) is 11.4 Å². The van der Waals surface area contributed by atoms with E-state index in [0.29, 0.717) is 13.1 Å². The third kappa shape index (κ3) is 5.68. The van der Waals surface area contributed by atoms with Crippen molar-refractivity contribution in [3.05, 3.63) is 69.5 Å². The third-order valence-corrected chi connectivity index (χ3v) is 6.80. The van der Waals surface area contributed by atoms with E-state index in [9.17, 15) is 4.79 Å². The molecule has 1 aliphatic heterocycles. The fourth-order valence-electron chi connectivity index (χ4n) is 3.69. The zero-order valence-electron chi connectivity index (χ0n) is 18.8. The number of hydrogen-bond donors (Lipinski definition) is 1. The second-order valence-electron chi connectivity index (χ2n) is 9.15. The first-order chi connectivity index (χ1) is 15.3. The van der Waals surface area contributed by atoms with Crippen LogP contribution >= 0.6 is 22.9 Å². The molecule has 1 saturated heterocycles. The molecule has 0 bridgehead atoms. The zero-order chi connectivity index (χ0) is 22.7. The van der Waals surface area contributed by atoms with Crippen LogP contribution < -0.4 is 5.32 Å². The van der Waals surface area contributed by atoms with E-state index in [0.717, 1.165) is 46.6 Å². The van der Waals surface area contributed by atoms with Crippen molar-refractivity contribution in [3.8, 4) is 11.3 Å². The maximum absolute atomic E-state index is 12.7. The Labute approximate surface area is 199 Å². The summed E-state index contributed by atoms with van der Waals surface area (Å²) in [7, 11) is 0.